The van der Waals surface area contributed by atoms with Gasteiger partial charge in [0.05, 0.1) is 0 Å². The van der Waals surface area contributed by atoms with Gasteiger partial charge in [-0.25, -0.2) is 0 Å². The number of hydrogen-bond acceptors (Lipinski definition) is 1. The van der Waals surface area contributed by atoms with Gasteiger partial charge in [-0.05, 0) is 6.55 Å². The average Bonchev–Trinajstić information content (AvgIpc) is 1.21. The number of halogens is 4. The van der Waals surface area contributed by atoms with Crippen LogP contribution in [0.15, 0.2) is 0 Å². The van der Waals surface area contributed by atoms with Crippen LogP contribution in [0.4, 0.5) is 0 Å². The maximum atomic E-state index is 5.55. The number of hydrogen-bond donors (Lipinski definition) is 1. The third kappa shape index (κ3) is 7.40. The molecule has 0 aromatic rings. The van der Waals surface area contributed by atoms with E-state index in [1.54, 1.807) is 6.55 Å². The second-order valence-electron chi connectivity index (χ2n) is 1.33. The molecule has 0 unspecified atom stereocenters. The lowest BCUT2D eigenvalue weighted by Gasteiger charge is -2.09. The minimum atomic E-state index is -2.29. The maximum absolute atomic E-state index is 5.55. The van der Waals surface area contributed by atoms with E-state index in [-0.39, 0.29) is 0 Å². The first-order valence-electron chi connectivity index (χ1n) is 1.85. The molecule has 0 heterocycles. The van der Waals surface area contributed by atoms with Crippen molar-refractivity contribution in [2.45, 2.75) is 6.55 Å². The van der Waals surface area contributed by atoms with Crippen LogP contribution < -0.4 is 4.89 Å². The van der Waals surface area contributed by atoms with Crippen molar-refractivity contribution >= 4 is 57.6 Å². The van der Waals surface area contributed by atoms with Crippen LogP contribution in [0.2, 0.25) is 6.55 Å². The van der Waals surface area contributed by atoms with Crippen molar-refractivity contribution in [2.24, 2.45) is 0 Å². The minimum absolute atomic E-state index is 0.665. The molecule has 1 nitrogen and oxygen atoms in total. The molecule has 0 bridgehead atoms. The maximum Gasteiger partial charge on any atom is 0.426 e. The second-order valence-corrected chi connectivity index (χ2v) is 9.61. The molecule has 0 aliphatic rings. The molecule has 0 radical (unpaired) electrons. The van der Waals surface area contributed by atoms with Crippen molar-refractivity contribution in [3.8, 4) is 0 Å². The van der Waals surface area contributed by atoms with Gasteiger partial charge in [0.25, 0.3) is 0 Å². The molecule has 0 saturated heterocycles. The first-order chi connectivity index (χ1) is 3.42. The molecule has 0 amide bonds. The Hall–Kier alpha value is 1.40. The molecule has 0 atom stereocenters. The Kier molecular flexibility index (Phi) is 4.16. The van der Waals surface area contributed by atoms with Crippen LogP contribution in [0.1, 0.15) is 0 Å². The predicted molar refractivity (Wildman–Crippen MR) is 43.9 cm³/mol. The average molecular weight is 211 g/mol. The van der Waals surface area contributed by atoms with Gasteiger partial charge in [0.2, 0.25) is 0 Å². The van der Waals surface area contributed by atoms with Gasteiger partial charge in [-0.2, -0.15) is 0 Å². The topological polar surface area (TPSA) is 12.0 Å². The summed E-state index contributed by atoms with van der Waals surface area (Å²) >= 11 is 21.7. The smallest absolute Gasteiger partial charge is 0.327 e. The van der Waals surface area contributed by atoms with Crippen molar-refractivity contribution < 1.29 is 0 Å². The van der Waals surface area contributed by atoms with Gasteiger partial charge < -0.3 is 4.89 Å². The van der Waals surface area contributed by atoms with E-state index < -0.39 is 12.5 Å². The van der Waals surface area contributed by atoms with Crippen molar-refractivity contribution in [3.05, 3.63) is 0 Å². The van der Waals surface area contributed by atoms with Crippen LogP contribution in [0.3, 0.4) is 0 Å². The highest BCUT2D eigenvalue weighted by Gasteiger charge is 2.25. The monoisotopic (exact) mass is 209 g/mol. The fraction of sp³-hybridized carbons (Fsp3) is 1.00. The standard InChI is InChI=1S/CH4BCl4NSi/c1-8(5,6)7-2(3)4/h7H,1H3. The molecule has 8 heavy (non-hydrogen) atoms. The van der Waals surface area contributed by atoms with Gasteiger partial charge in [-0.3, -0.25) is 0 Å². The summed E-state index contributed by atoms with van der Waals surface area (Å²) in [6, 6.07) is 0. The molecule has 0 fully saturated rings. The summed E-state index contributed by atoms with van der Waals surface area (Å²) in [6.07, 6.45) is 0. The second kappa shape index (κ2) is 3.54. The minimum Gasteiger partial charge on any atom is -0.327 e. The molecule has 48 valence electrons. The van der Waals surface area contributed by atoms with Gasteiger partial charge in [-0.1, -0.05) is 0 Å². The highest BCUT2D eigenvalue weighted by atomic mass is 35.7. The third-order valence-electron chi connectivity index (χ3n) is 0.363. The largest absolute Gasteiger partial charge is 0.426 e. The molecular formula is CH4BCl4NSi. The van der Waals surface area contributed by atoms with Crippen molar-refractivity contribution in [1.29, 1.82) is 0 Å². The van der Waals surface area contributed by atoms with Gasteiger partial charge in [0.1, 0.15) is 0 Å². The number of nitrogens with one attached hydrogen (secondary N) is 1. The number of rotatable bonds is 2. The van der Waals surface area contributed by atoms with Crippen LogP contribution in [-0.4, -0.2) is 12.5 Å². The predicted octanol–water partition coefficient (Wildman–Crippen LogP) is 2.08. The third-order valence-corrected chi connectivity index (χ3v) is 2.40. The van der Waals surface area contributed by atoms with E-state index >= 15 is 0 Å². The van der Waals surface area contributed by atoms with Crippen LogP contribution in [-0.2, 0) is 0 Å². The lowest BCUT2D eigenvalue weighted by Crippen LogP contribution is -2.42. The molecule has 0 rings (SSSR count). The van der Waals surface area contributed by atoms with Crippen molar-refractivity contribution in [2.75, 3.05) is 0 Å². The van der Waals surface area contributed by atoms with E-state index in [1.807, 2.05) is 0 Å². The van der Waals surface area contributed by atoms with E-state index in [1.165, 1.54) is 0 Å². The highest BCUT2D eigenvalue weighted by molar-refractivity contribution is 7.49. The Balaban J connectivity index is 3.39. The fourth-order valence-corrected chi connectivity index (χ4v) is 3.21. The van der Waals surface area contributed by atoms with Crippen LogP contribution in [0, 0.1) is 0 Å². The lowest BCUT2D eigenvalue weighted by molar-refractivity contribution is 1.56. The molecule has 0 aliphatic heterocycles. The summed E-state index contributed by atoms with van der Waals surface area (Å²) < 4.78 is 0. The molecule has 0 aromatic carbocycles. The quantitative estimate of drug-likeness (QED) is 0.544. The Morgan fingerprint density at radius 3 is 1.75 bits per heavy atom. The lowest BCUT2D eigenvalue weighted by atomic mass is 10.4. The zero-order valence-corrected chi connectivity index (χ0v) is 8.11. The molecular weight excluding hydrogens is 207 g/mol. The normalized spacial score (nSPS) is 11.6. The zero-order valence-electron chi connectivity index (χ0n) is 4.09. The Labute approximate surface area is 69.1 Å². The Morgan fingerprint density at radius 2 is 1.75 bits per heavy atom. The van der Waals surface area contributed by atoms with E-state index in [0.717, 1.165) is 0 Å². The Bertz CT molecular complexity index is 70.9. The van der Waals surface area contributed by atoms with Gasteiger partial charge in [0, 0.05) is 0 Å². The van der Waals surface area contributed by atoms with Crippen molar-refractivity contribution in [1.82, 2.24) is 4.89 Å². The first kappa shape index (κ1) is 9.40. The van der Waals surface area contributed by atoms with Gasteiger partial charge in [-0.15, -0.1) is 45.1 Å². The first-order valence-corrected chi connectivity index (χ1v) is 7.25. The summed E-state index contributed by atoms with van der Waals surface area (Å²) in [5, 5.41) is 0. The van der Waals surface area contributed by atoms with E-state index in [2.05, 4.69) is 4.89 Å². The fourth-order valence-electron chi connectivity index (χ4n) is 0.192. The van der Waals surface area contributed by atoms with Gasteiger partial charge >= 0.3 is 12.5 Å². The van der Waals surface area contributed by atoms with E-state index in [9.17, 15) is 0 Å². The molecule has 0 spiro atoms. The van der Waals surface area contributed by atoms with Crippen LogP contribution in [0.5, 0.6) is 0 Å². The summed E-state index contributed by atoms with van der Waals surface area (Å²) in [5.74, 6) is 0. The van der Waals surface area contributed by atoms with E-state index in [4.69, 9.17) is 45.1 Å². The van der Waals surface area contributed by atoms with E-state index in [0.29, 0.717) is 0 Å². The molecule has 7 heteroatoms. The molecule has 0 aromatic heterocycles. The molecule has 0 saturated carbocycles. The molecule has 1 N–H and O–H groups in total. The summed E-state index contributed by atoms with van der Waals surface area (Å²) in [6.45, 7) is -0.615. The SMILES string of the molecule is C[Si](Cl)(Cl)NB(Cl)Cl. The Morgan fingerprint density at radius 1 is 1.38 bits per heavy atom. The summed E-state index contributed by atoms with van der Waals surface area (Å²) in [7, 11) is 0. The van der Waals surface area contributed by atoms with Crippen LogP contribution in [0.25, 0.3) is 0 Å². The summed E-state index contributed by atoms with van der Waals surface area (Å²) in [5.41, 5.74) is -0.665. The van der Waals surface area contributed by atoms with Crippen LogP contribution >= 0.6 is 45.1 Å². The highest BCUT2D eigenvalue weighted by Crippen LogP contribution is 2.11. The van der Waals surface area contributed by atoms with Gasteiger partial charge in [0.15, 0.2) is 0 Å². The zero-order chi connectivity index (χ0) is 6.78. The molecule has 0 aliphatic carbocycles. The summed E-state index contributed by atoms with van der Waals surface area (Å²) in [4.78, 5) is 2.58. The van der Waals surface area contributed by atoms with Crippen molar-refractivity contribution in [3.63, 3.8) is 0 Å².